The lowest BCUT2D eigenvalue weighted by Crippen LogP contribution is -1.92. The zero-order chi connectivity index (χ0) is 11.5. The molecule has 0 saturated heterocycles. The highest BCUT2D eigenvalue weighted by Gasteiger charge is 2.11. The number of hydrogen-bond acceptors (Lipinski definition) is 5. The molecule has 84 valence electrons. The van der Waals surface area contributed by atoms with Gasteiger partial charge in [0, 0.05) is 0 Å². The van der Waals surface area contributed by atoms with Gasteiger partial charge in [0.05, 0.1) is 7.11 Å². The van der Waals surface area contributed by atoms with Gasteiger partial charge in [-0.25, -0.2) is 0 Å². The van der Waals surface area contributed by atoms with E-state index >= 15 is 0 Å². The second-order valence-corrected chi connectivity index (χ2v) is 3.37. The first-order valence-corrected chi connectivity index (χ1v) is 4.82. The molecule has 5 heteroatoms. The molecule has 0 amide bonds. The van der Waals surface area contributed by atoms with E-state index in [0.29, 0.717) is 0 Å². The summed E-state index contributed by atoms with van der Waals surface area (Å²) in [7, 11) is 1.45. The van der Waals surface area contributed by atoms with Gasteiger partial charge >= 0.3 is 12.1 Å². The minimum atomic E-state index is 0.0845. The minimum Gasteiger partial charge on any atom is -0.452 e. The second kappa shape index (κ2) is 4.22. The molecule has 1 heterocycles. The third kappa shape index (κ3) is 1.98. The second-order valence-electron chi connectivity index (χ2n) is 3.37. The van der Waals surface area contributed by atoms with Crippen LogP contribution in [0.4, 0.5) is 0 Å². The Bertz CT molecular complexity index is 473. The molecule has 0 aliphatic rings. The van der Waals surface area contributed by atoms with Gasteiger partial charge in [0.2, 0.25) is 0 Å². The fourth-order valence-corrected chi connectivity index (χ4v) is 1.37. The first-order chi connectivity index (χ1) is 7.70. The molecule has 0 bridgehead atoms. The molecule has 16 heavy (non-hydrogen) atoms. The molecule has 0 atom stereocenters. The highest BCUT2D eigenvalue weighted by atomic mass is 16.7. The zero-order valence-corrected chi connectivity index (χ0v) is 9.35. The van der Waals surface area contributed by atoms with Crippen molar-refractivity contribution in [2.45, 2.75) is 13.8 Å². The molecule has 0 spiro atoms. The predicted molar refractivity (Wildman–Crippen MR) is 56.8 cm³/mol. The summed E-state index contributed by atoms with van der Waals surface area (Å²) in [6.07, 6.45) is 0.0845. The SMILES string of the molecule is COc1nc(Oc2c(C)cccc2C)no1. The van der Waals surface area contributed by atoms with Gasteiger partial charge in [0.15, 0.2) is 0 Å². The zero-order valence-electron chi connectivity index (χ0n) is 9.35. The number of aryl methyl sites for hydroxylation is 2. The van der Waals surface area contributed by atoms with E-state index in [1.807, 2.05) is 32.0 Å². The molecule has 0 saturated carbocycles. The van der Waals surface area contributed by atoms with E-state index in [1.165, 1.54) is 7.11 Å². The third-order valence-electron chi connectivity index (χ3n) is 2.17. The maximum absolute atomic E-state index is 5.53. The minimum absolute atomic E-state index is 0.0845. The first-order valence-electron chi connectivity index (χ1n) is 4.82. The van der Waals surface area contributed by atoms with Gasteiger partial charge < -0.3 is 9.47 Å². The molecule has 5 nitrogen and oxygen atoms in total. The highest BCUT2D eigenvalue weighted by Crippen LogP contribution is 2.27. The summed E-state index contributed by atoms with van der Waals surface area (Å²) in [6.45, 7) is 3.92. The summed E-state index contributed by atoms with van der Waals surface area (Å²) >= 11 is 0. The number of benzene rings is 1. The van der Waals surface area contributed by atoms with Crippen LogP contribution in [0, 0.1) is 13.8 Å². The van der Waals surface area contributed by atoms with Crippen LogP contribution < -0.4 is 9.47 Å². The lowest BCUT2D eigenvalue weighted by molar-refractivity contribution is 0.247. The number of nitrogens with zero attached hydrogens (tertiary/aromatic N) is 2. The van der Waals surface area contributed by atoms with Crippen molar-refractivity contribution in [1.29, 1.82) is 0 Å². The fraction of sp³-hybridized carbons (Fsp3) is 0.273. The van der Waals surface area contributed by atoms with Gasteiger partial charge in [-0.05, 0) is 30.1 Å². The summed E-state index contributed by atoms with van der Waals surface area (Å²) in [5.41, 5.74) is 2.03. The Kier molecular flexibility index (Phi) is 2.76. The normalized spacial score (nSPS) is 10.2. The van der Waals surface area contributed by atoms with E-state index in [0.717, 1.165) is 16.9 Å². The van der Waals surface area contributed by atoms with E-state index in [4.69, 9.17) is 14.0 Å². The van der Waals surface area contributed by atoms with Crippen LogP contribution in [0.25, 0.3) is 0 Å². The standard InChI is InChI=1S/C11H12N2O3/c1-7-5-4-6-8(2)9(7)15-10-12-11(14-3)16-13-10/h4-6H,1-3H3. The van der Waals surface area contributed by atoms with E-state index < -0.39 is 0 Å². The molecule has 0 unspecified atom stereocenters. The van der Waals surface area contributed by atoms with Crippen molar-refractivity contribution in [1.82, 2.24) is 10.1 Å². The van der Waals surface area contributed by atoms with Crippen molar-refractivity contribution in [2.75, 3.05) is 7.11 Å². The lowest BCUT2D eigenvalue weighted by Gasteiger charge is -2.07. The quantitative estimate of drug-likeness (QED) is 0.795. The van der Waals surface area contributed by atoms with Crippen LogP contribution in [0.3, 0.4) is 0 Å². The van der Waals surface area contributed by atoms with Gasteiger partial charge in [-0.1, -0.05) is 18.2 Å². The number of para-hydroxylation sites is 1. The van der Waals surface area contributed by atoms with Crippen LogP contribution in [0.15, 0.2) is 22.7 Å². The molecule has 0 fully saturated rings. The molecule has 0 N–H and O–H groups in total. The number of rotatable bonds is 3. The van der Waals surface area contributed by atoms with Crippen molar-refractivity contribution in [3.8, 4) is 17.8 Å². The van der Waals surface area contributed by atoms with Crippen LogP contribution in [0.5, 0.6) is 17.8 Å². The van der Waals surface area contributed by atoms with E-state index in [9.17, 15) is 0 Å². The molecule has 2 rings (SSSR count). The summed E-state index contributed by atoms with van der Waals surface area (Å²) in [4.78, 5) is 3.88. The molecule has 0 radical (unpaired) electrons. The van der Waals surface area contributed by atoms with Crippen LogP contribution in [0.2, 0.25) is 0 Å². The first kappa shape index (κ1) is 10.5. The topological polar surface area (TPSA) is 57.4 Å². The molecule has 0 aliphatic heterocycles. The number of ether oxygens (including phenoxy) is 2. The van der Waals surface area contributed by atoms with Gasteiger partial charge in [-0.15, -0.1) is 4.98 Å². The van der Waals surface area contributed by atoms with Crippen LogP contribution in [-0.4, -0.2) is 17.3 Å². The summed E-state index contributed by atoms with van der Waals surface area (Å²) in [6, 6.07) is 6.03. The number of aromatic nitrogens is 2. The molecular weight excluding hydrogens is 208 g/mol. The smallest absolute Gasteiger partial charge is 0.420 e. The average molecular weight is 220 g/mol. The van der Waals surface area contributed by atoms with Crippen LogP contribution in [-0.2, 0) is 0 Å². The van der Waals surface area contributed by atoms with E-state index in [-0.39, 0.29) is 12.1 Å². The van der Waals surface area contributed by atoms with Crippen LogP contribution >= 0.6 is 0 Å². The maximum Gasteiger partial charge on any atom is 0.420 e. The van der Waals surface area contributed by atoms with Crippen molar-refractivity contribution in [3.05, 3.63) is 29.3 Å². The number of methoxy groups -OCH3 is 1. The molecule has 0 aliphatic carbocycles. The fourth-order valence-electron chi connectivity index (χ4n) is 1.37. The van der Waals surface area contributed by atoms with E-state index in [1.54, 1.807) is 0 Å². The highest BCUT2D eigenvalue weighted by molar-refractivity contribution is 5.41. The third-order valence-corrected chi connectivity index (χ3v) is 2.17. The van der Waals surface area contributed by atoms with Crippen LogP contribution in [0.1, 0.15) is 11.1 Å². The molecule has 2 aromatic rings. The van der Waals surface area contributed by atoms with Gasteiger partial charge in [0.1, 0.15) is 5.75 Å². The molecule has 1 aromatic heterocycles. The van der Waals surface area contributed by atoms with Crippen molar-refractivity contribution in [2.24, 2.45) is 0 Å². The Morgan fingerprint density at radius 1 is 1.19 bits per heavy atom. The predicted octanol–water partition coefficient (Wildman–Crippen LogP) is 2.49. The van der Waals surface area contributed by atoms with Crippen molar-refractivity contribution in [3.63, 3.8) is 0 Å². The largest absolute Gasteiger partial charge is 0.452 e. The monoisotopic (exact) mass is 220 g/mol. The Morgan fingerprint density at radius 2 is 1.88 bits per heavy atom. The maximum atomic E-state index is 5.53. The molecule has 1 aromatic carbocycles. The van der Waals surface area contributed by atoms with Crippen molar-refractivity contribution >= 4 is 0 Å². The summed E-state index contributed by atoms with van der Waals surface area (Å²) in [5, 5.41) is 3.63. The molecular formula is C11H12N2O3. The Morgan fingerprint density at radius 3 is 2.44 bits per heavy atom. The van der Waals surface area contributed by atoms with E-state index in [2.05, 4.69) is 10.1 Å². The Hall–Kier alpha value is -2.04. The summed E-state index contributed by atoms with van der Waals surface area (Å²) in [5.74, 6) is 0.742. The van der Waals surface area contributed by atoms with Crippen molar-refractivity contribution < 1.29 is 14.0 Å². The lowest BCUT2D eigenvalue weighted by atomic mass is 10.1. The Labute approximate surface area is 93.0 Å². The van der Waals surface area contributed by atoms with Gasteiger partial charge in [-0.2, -0.15) is 0 Å². The number of hydrogen-bond donors (Lipinski definition) is 0. The van der Waals surface area contributed by atoms with Gasteiger partial charge in [0.25, 0.3) is 0 Å². The Balaban J connectivity index is 2.26. The average Bonchev–Trinajstić information content (AvgIpc) is 2.71. The van der Waals surface area contributed by atoms with Gasteiger partial charge in [-0.3, -0.25) is 4.52 Å². The summed E-state index contributed by atoms with van der Waals surface area (Å²) < 4.78 is 15.1.